The van der Waals surface area contributed by atoms with E-state index in [9.17, 15) is 4.79 Å². The monoisotopic (exact) mass is 502 g/mol. The number of carbonyl (C=O) groups is 1. The van der Waals surface area contributed by atoms with Crippen molar-refractivity contribution in [2.45, 2.75) is 26.7 Å². The van der Waals surface area contributed by atoms with Crippen molar-refractivity contribution in [2.75, 3.05) is 6.61 Å². The second kappa shape index (κ2) is 9.73. The highest BCUT2D eigenvalue weighted by Gasteiger charge is 2.10. The summed E-state index contributed by atoms with van der Waals surface area (Å²) in [5.74, 6) is 2.01. The molecule has 3 aromatic rings. The number of furan rings is 1. The van der Waals surface area contributed by atoms with Crippen LogP contribution in [-0.2, 0) is 4.79 Å². The maximum Gasteiger partial charge on any atom is 0.277 e. The van der Waals surface area contributed by atoms with Gasteiger partial charge < -0.3 is 9.15 Å². The van der Waals surface area contributed by atoms with Crippen LogP contribution in [0.1, 0.15) is 36.7 Å². The number of ether oxygens (including phenoxy) is 1. The van der Waals surface area contributed by atoms with E-state index in [0.29, 0.717) is 11.7 Å². The minimum absolute atomic E-state index is 0.105. The van der Waals surface area contributed by atoms with Crippen LogP contribution in [0.3, 0.4) is 0 Å². The highest BCUT2D eigenvalue weighted by atomic mass is 127. The third-order valence-corrected chi connectivity index (χ3v) is 5.01. The van der Waals surface area contributed by atoms with E-state index in [1.54, 1.807) is 6.07 Å². The summed E-state index contributed by atoms with van der Waals surface area (Å²) in [6, 6.07) is 17.7. The number of hydrogen-bond donors (Lipinski definition) is 1. The lowest BCUT2D eigenvalue weighted by molar-refractivity contribution is -0.123. The maximum absolute atomic E-state index is 12.1. The number of nitrogens with one attached hydrogen (secondary N) is 1. The Kier molecular flexibility index (Phi) is 7.09. The second-order valence-corrected chi connectivity index (χ2v) is 8.23. The van der Waals surface area contributed by atoms with E-state index in [1.165, 1.54) is 6.21 Å². The number of carbonyl (C=O) groups excluding carboxylic acids is 1. The van der Waals surface area contributed by atoms with Gasteiger partial charge in [0.2, 0.25) is 0 Å². The summed E-state index contributed by atoms with van der Waals surface area (Å²) >= 11 is 2.26. The molecule has 0 unspecified atom stereocenters. The molecule has 0 saturated heterocycles. The molecule has 1 heterocycles. The van der Waals surface area contributed by atoms with Crippen molar-refractivity contribution in [3.63, 3.8) is 0 Å². The van der Waals surface area contributed by atoms with E-state index in [-0.39, 0.29) is 12.5 Å². The van der Waals surface area contributed by atoms with E-state index < -0.39 is 0 Å². The lowest BCUT2D eigenvalue weighted by Crippen LogP contribution is -2.24. The summed E-state index contributed by atoms with van der Waals surface area (Å²) in [5, 5.41) is 3.95. The fraction of sp³-hybridized carbons (Fsp3) is 0.217. The van der Waals surface area contributed by atoms with Crippen molar-refractivity contribution in [2.24, 2.45) is 5.10 Å². The van der Waals surface area contributed by atoms with Gasteiger partial charge in [0.15, 0.2) is 6.61 Å². The zero-order valence-corrected chi connectivity index (χ0v) is 18.8. The van der Waals surface area contributed by atoms with Gasteiger partial charge in [-0.3, -0.25) is 4.79 Å². The Morgan fingerprint density at radius 3 is 2.66 bits per heavy atom. The fourth-order valence-electron chi connectivity index (χ4n) is 2.78. The number of halogens is 1. The minimum Gasteiger partial charge on any atom is -0.483 e. The average molecular weight is 502 g/mol. The number of rotatable bonds is 7. The van der Waals surface area contributed by atoms with Crippen LogP contribution < -0.4 is 10.2 Å². The van der Waals surface area contributed by atoms with Crippen LogP contribution in [0.2, 0.25) is 0 Å². The van der Waals surface area contributed by atoms with Gasteiger partial charge in [-0.15, -0.1) is 0 Å². The molecule has 150 valence electrons. The van der Waals surface area contributed by atoms with E-state index in [0.717, 1.165) is 31.8 Å². The Labute approximate surface area is 184 Å². The number of benzene rings is 2. The van der Waals surface area contributed by atoms with Crippen molar-refractivity contribution in [1.29, 1.82) is 0 Å². The van der Waals surface area contributed by atoms with Gasteiger partial charge in [0.1, 0.15) is 17.3 Å². The van der Waals surface area contributed by atoms with Crippen LogP contribution in [0.4, 0.5) is 0 Å². The van der Waals surface area contributed by atoms with Crippen molar-refractivity contribution in [3.8, 4) is 17.1 Å². The Bertz CT molecular complexity index is 1010. The summed E-state index contributed by atoms with van der Waals surface area (Å²) < 4.78 is 12.6. The second-order valence-electron chi connectivity index (χ2n) is 6.99. The zero-order valence-electron chi connectivity index (χ0n) is 16.6. The molecule has 0 aliphatic rings. The number of amides is 1. The summed E-state index contributed by atoms with van der Waals surface area (Å²) in [6.45, 7) is 6.08. The lowest BCUT2D eigenvalue weighted by atomic mass is 10.0. The molecule has 1 N–H and O–H groups in total. The van der Waals surface area contributed by atoms with Gasteiger partial charge in [0.25, 0.3) is 5.91 Å². The van der Waals surface area contributed by atoms with Gasteiger partial charge in [-0.2, -0.15) is 5.10 Å². The smallest absolute Gasteiger partial charge is 0.277 e. The fourth-order valence-corrected chi connectivity index (χ4v) is 3.14. The third kappa shape index (κ3) is 5.93. The first kappa shape index (κ1) is 21.1. The highest BCUT2D eigenvalue weighted by molar-refractivity contribution is 14.1. The molecule has 0 aliphatic heterocycles. The van der Waals surface area contributed by atoms with Crippen molar-refractivity contribution in [3.05, 3.63) is 75.1 Å². The molecule has 0 saturated carbocycles. The Hall–Kier alpha value is -2.61. The molecule has 5 nitrogen and oxygen atoms in total. The largest absolute Gasteiger partial charge is 0.483 e. The third-order valence-electron chi connectivity index (χ3n) is 4.29. The summed E-state index contributed by atoms with van der Waals surface area (Å²) in [6.07, 6.45) is 1.47. The number of hydrogen-bond acceptors (Lipinski definition) is 4. The first-order valence-electron chi connectivity index (χ1n) is 9.33. The van der Waals surface area contributed by atoms with Crippen LogP contribution in [-0.4, -0.2) is 18.7 Å². The molecule has 0 fully saturated rings. The first-order chi connectivity index (χ1) is 13.9. The molecule has 0 atom stereocenters. The van der Waals surface area contributed by atoms with Crippen molar-refractivity contribution < 1.29 is 13.9 Å². The zero-order chi connectivity index (χ0) is 20.8. The summed E-state index contributed by atoms with van der Waals surface area (Å²) in [5.41, 5.74) is 5.62. The Morgan fingerprint density at radius 2 is 1.93 bits per heavy atom. The molecule has 0 aliphatic carbocycles. The van der Waals surface area contributed by atoms with Gasteiger partial charge in [-0.05, 0) is 76.9 Å². The summed E-state index contributed by atoms with van der Waals surface area (Å²) in [7, 11) is 0. The predicted octanol–water partition coefficient (Wildman–Crippen LogP) is 5.51. The molecule has 1 aromatic heterocycles. The molecule has 0 radical (unpaired) electrons. The van der Waals surface area contributed by atoms with Crippen LogP contribution >= 0.6 is 22.6 Å². The first-order valence-corrected chi connectivity index (χ1v) is 10.4. The molecule has 6 heteroatoms. The van der Waals surface area contributed by atoms with Crippen LogP contribution in [0, 0.1) is 10.5 Å². The molecule has 0 spiro atoms. The Balaban J connectivity index is 1.54. The normalized spacial score (nSPS) is 11.2. The van der Waals surface area contributed by atoms with E-state index in [4.69, 9.17) is 9.15 Å². The van der Waals surface area contributed by atoms with Gasteiger partial charge in [0, 0.05) is 9.13 Å². The van der Waals surface area contributed by atoms with Crippen LogP contribution in [0.15, 0.2) is 64.1 Å². The van der Waals surface area contributed by atoms with Crippen LogP contribution in [0.5, 0.6) is 5.75 Å². The number of hydrazone groups is 1. The number of aryl methyl sites for hydroxylation is 1. The van der Waals surface area contributed by atoms with Gasteiger partial charge in [0.05, 0.1) is 6.21 Å². The van der Waals surface area contributed by atoms with Gasteiger partial charge >= 0.3 is 0 Å². The number of nitrogens with zero attached hydrogens (tertiary/aromatic N) is 1. The van der Waals surface area contributed by atoms with Gasteiger partial charge in [-0.25, -0.2) is 5.43 Å². The molecular formula is C23H23IN2O3. The molecule has 29 heavy (non-hydrogen) atoms. The molecule has 2 aromatic carbocycles. The van der Waals surface area contributed by atoms with E-state index >= 15 is 0 Å². The maximum atomic E-state index is 12.1. The topological polar surface area (TPSA) is 63.8 Å². The SMILES string of the molecule is Cc1ccc(C(C)C)c(OCC(=O)NN=Cc2ccc(-c3ccc(I)cc3)o2)c1. The quantitative estimate of drug-likeness (QED) is 0.263. The molecule has 3 rings (SSSR count). The minimum atomic E-state index is -0.332. The Morgan fingerprint density at radius 1 is 1.17 bits per heavy atom. The summed E-state index contributed by atoms with van der Waals surface area (Å²) in [4.78, 5) is 12.1. The highest BCUT2D eigenvalue weighted by Crippen LogP contribution is 2.27. The molecule has 0 bridgehead atoms. The van der Waals surface area contributed by atoms with Crippen molar-refractivity contribution >= 4 is 34.7 Å². The lowest BCUT2D eigenvalue weighted by Gasteiger charge is -2.14. The van der Waals surface area contributed by atoms with Crippen molar-refractivity contribution in [1.82, 2.24) is 5.43 Å². The molecule has 1 amide bonds. The molecular weight excluding hydrogens is 479 g/mol. The van der Waals surface area contributed by atoms with E-state index in [1.807, 2.05) is 55.5 Å². The average Bonchev–Trinajstić information content (AvgIpc) is 3.15. The standard InChI is InChI=1S/C23H23IN2O3/c1-15(2)20-10-4-16(3)12-22(20)28-14-23(27)26-25-13-19-9-11-21(29-19)17-5-7-18(24)8-6-17/h4-13,15H,14H2,1-3H3,(H,26,27). The van der Waals surface area contributed by atoms with Gasteiger partial charge in [-0.1, -0.05) is 38.1 Å². The predicted molar refractivity (Wildman–Crippen MR) is 123 cm³/mol. The van der Waals surface area contributed by atoms with E-state index in [2.05, 4.69) is 47.0 Å². The van der Waals surface area contributed by atoms with Crippen LogP contribution in [0.25, 0.3) is 11.3 Å².